The highest BCUT2D eigenvalue weighted by atomic mass is 16.5. The predicted octanol–water partition coefficient (Wildman–Crippen LogP) is 2.72. The van der Waals surface area contributed by atoms with Crippen molar-refractivity contribution in [1.82, 2.24) is 5.32 Å². The molecule has 1 saturated carbocycles. The lowest BCUT2D eigenvalue weighted by Crippen LogP contribution is -2.66. The lowest BCUT2D eigenvalue weighted by atomic mass is 9.57. The van der Waals surface area contributed by atoms with Crippen LogP contribution in [0.3, 0.4) is 0 Å². The summed E-state index contributed by atoms with van der Waals surface area (Å²) < 4.78 is 6.08. The van der Waals surface area contributed by atoms with E-state index in [0.717, 1.165) is 13.2 Å². The fourth-order valence-corrected chi connectivity index (χ4v) is 3.46. The molecule has 2 fully saturated rings. The van der Waals surface area contributed by atoms with Gasteiger partial charge in [0.2, 0.25) is 0 Å². The van der Waals surface area contributed by atoms with E-state index in [2.05, 4.69) is 26.1 Å². The fraction of sp³-hybridized carbons (Fsp3) is 1.00. The molecule has 2 heteroatoms. The highest BCUT2D eigenvalue weighted by Gasteiger charge is 2.55. The van der Waals surface area contributed by atoms with Crippen molar-refractivity contribution in [3.8, 4) is 0 Å². The van der Waals surface area contributed by atoms with Crippen molar-refractivity contribution in [2.24, 2.45) is 5.41 Å². The Morgan fingerprint density at radius 3 is 2.67 bits per heavy atom. The fourth-order valence-electron chi connectivity index (χ4n) is 3.46. The zero-order valence-electron chi connectivity index (χ0n) is 10.4. The quantitative estimate of drug-likeness (QED) is 0.775. The van der Waals surface area contributed by atoms with Crippen LogP contribution in [0.1, 0.15) is 52.9 Å². The highest BCUT2D eigenvalue weighted by Crippen LogP contribution is 2.53. The molecule has 88 valence electrons. The van der Waals surface area contributed by atoms with Crippen LogP contribution in [-0.4, -0.2) is 24.8 Å². The summed E-state index contributed by atoms with van der Waals surface area (Å²) in [6, 6.07) is 0.610. The van der Waals surface area contributed by atoms with Gasteiger partial charge in [-0.05, 0) is 24.7 Å². The van der Waals surface area contributed by atoms with Gasteiger partial charge in [-0.2, -0.15) is 0 Å². The van der Waals surface area contributed by atoms with Crippen molar-refractivity contribution in [1.29, 1.82) is 0 Å². The number of hydrogen-bond acceptors (Lipinski definition) is 2. The highest BCUT2D eigenvalue weighted by molar-refractivity contribution is 5.09. The van der Waals surface area contributed by atoms with Gasteiger partial charge in [-0.3, -0.25) is 0 Å². The predicted molar refractivity (Wildman–Crippen MR) is 63.0 cm³/mol. The van der Waals surface area contributed by atoms with Gasteiger partial charge in [-0.25, -0.2) is 0 Å². The molecular formula is C13H25NO. The van der Waals surface area contributed by atoms with Gasteiger partial charge in [0.05, 0.1) is 12.2 Å². The average molecular weight is 211 g/mol. The molecule has 1 unspecified atom stereocenters. The molecule has 1 N–H and O–H groups in total. The number of ether oxygens (including phenoxy) is 1. The second-order valence-corrected chi connectivity index (χ2v) is 6.08. The Morgan fingerprint density at radius 1 is 1.33 bits per heavy atom. The molecule has 1 saturated heterocycles. The number of rotatable bonds is 3. The van der Waals surface area contributed by atoms with E-state index < -0.39 is 0 Å². The summed E-state index contributed by atoms with van der Waals surface area (Å²) in [5.74, 6) is 0. The summed E-state index contributed by atoms with van der Waals surface area (Å²) in [6.07, 6.45) is 6.37. The molecule has 0 radical (unpaired) electrons. The van der Waals surface area contributed by atoms with Crippen molar-refractivity contribution in [2.75, 3.05) is 13.2 Å². The molecule has 2 rings (SSSR count). The van der Waals surface area contributed by atoms with Gasteiger partial charge >= 0.3 is 0 Å². The van der Waals surface area contributed by atoms with Crippen molar-refractivity contribution in [3.05, 3.63) is 0 Å². The van der Waals surface area contributed by atoms with Crippen LogP contribution >= 0.6 is 0 Å². The van der Waals surface area contributed by atoms with Crippen LogP contribution in [0.25, 0.3) is 0 Å². The third-order valence-corrected chi connectivity index (χ3v) is 3.92. The molecule has 1 heterocycles. The van der Waals surface area contributed by atoms with E-state index in [1.807, 2.05) is 0 Å². The summed E-state index contributed by atoms with van der Waals surface area (Å²) in [4.78, 5) is 0. The van der Waals surface area contributed by atoms with Gasteiger partial charge in [0.15, 0.2) is 0 Å². The van der Waals surface area contributed by atoms with Crippen molar-refractivity contribution < 1.29 is 4.74 Å². The Morgan fingerprint density at radius 2 is 2.07 bits per heavy atom. The Labute approximate surface area is 93.8 Å². The third-order valence-electron chi connectivity index (χ3n) is 3.92. The van der Waals surface area contributed by atoms with Gasteiger partial charge in [0.25, 0.3) is 0 Å². The zero-order chi connectivity index (χ0) is 10.9. The van der Waals surface area contributed by atoms with Crippen LogP contribution in [0.2, 0.25) is 0 Å². The van der Waals surface area contributed by atoms with Crippen molar-refractivity contribution >= 4 is 0 Å². The van der Waals surface area contributed by atoms with Gasteiger partial charge in [-0.15, -0.1) is 0 Å². The summed E-state index contributed by atoms with van der Waals surface area (Å²) in [5, 5.41) is 3.66. The van der Waals surface area contributed by atoms with Crippen LogP contribution in [-0.2, 0) is 4.74 Å². The van der Waals surface area contributed by atoms with Crippen LogP contribution in [0.5, 0.6) is 0 Å². The number of unbranched alkanes of at least 4 members (excludes halogenated alkanes) is 1. The maximum Gasteiger partial charge on any atom is 0.0845 e. The van der Waals surface area contributed by atoms with Crippen LogP contribution in [0, 0.1) is 5.41 Å². The van der Waals surface area contributed by atoms with Crippen LogP contribution < -0.4 is 5.32 Å². The average Bonchev–Trinajstić information content (AvgIpc) is 2.14. The Balaban J connectivity index is 1.95. The summed E-state index contributed by atoms with van der Waals surface area (Å²) in [6.45, 7) is 8.91. The first-order valence-electron chi connectivity index (χ1n) is 6.45. The molecule has 0 aromatic rings. The normalized spacial score (nSPS) is 32.6. The minimum absolute atomic E-state index is 0.191. The van der Waals surface area contributed by atoms with Gasteiger partial charge in [0, 0.05) is 12.6 Å². The topological polar surface area (TPSA) is 21.3 Å². The Hall–Kier alpha value is -0.0800. The maximum absolute atomic E-state index is 6.08. The van der Waals surface area contributed by atoms with Gasteiger partial charge < -0.3 is 10.1 Å². The first-order valence-corrected chi connectivity index (χ1v) is 6.45. The first-order chi connectivity index (χ1) is 7.08. The maximum atomic E-state index is 6.08. The second kappa shape index (κ2) is 4.06. The summed E-state index contributed by atoms with van der Waals surface area (Å²) in [7, 11) is 0. The van der Waals surface area contributed by atoms with Crippen LogP contribution in [0.15, 0.2) is 0 Å². The largest absolute Gasteiger partial charge is 0.372 e. The lowest BCUT2D eigenvalue weighted by Gasteiger charge is -2.58. The SMILES string of the molecule is CCCCC1NCCOC12CC(C)(C)C2. The molecule has 0 bridgehead atoms. The Bertz CT molecular complexity index is 217. The van der Waals surface area contributed by atoms with E-state index in [4.69, 9.17) is 4.74 Å². The molecule has 0 aromatic heterocycles. The minimum Gasteiger partial charge on any atom is -0.372 e. The van der Waals surface area contributed by atoms with Gasteiger partial charge in [0.1, 0.15) is 0 Å². The molecule has 1 atom stereocenters. The van der Waals surface area contributed by atoms with Crippen molar-refractivity contribution in [3.63, 3.8) is 0 Å². The molecule has 2 aliphatic rings. The summed E-state index contributed by atoms with van der Waals surface area (Å²) in [5.41, 5.74) is 0.695. The molecule has 1 aliphatic heterocycles. The standard InChI is InChI=1S/C13H25NO/c1-4-5-6-11-13(15-8-7-14-11)9-12(2,3)10-13/h11,14H,4-10H2,1-3H3. The third kappa shape index (κ3) is 2.21. The smallest absolute Gasteiger partial charge is 0.0845 e. The summed E-state index contributed by atoms with van der Waals surface area (Å²) >= 11 is 0. The first kappa shape index (κ1) is 11.4. The number of nitrogens with one attached hydrogen (secondary N) is 1. The molecular weight excluding hydrogens is 186 g/mol. The van der Waals surface area contributed by atoms with Gasteiger partial charge in [-0.1, -0.05) is 33.6 Å². The number of morpholine rings is 1. The van der Waals surface area contributed by atoms with E-state index >= 15 is 0 Å². The molecule has 0 aromatic carbocycles. The van der Waals surface area contributed by atoms with Crippen LogP contribution in [0.4, 0.5) is 0 Å². The minimum atomic E-state index is 0.191. The molecule has 0 amide bonds. The van der Waals surface area contributed by atoms with E-state index in [0.29, 0.717) is 11.5 Å². The van der Waals surface area contributed by atoms with Crippen molar-refractivity contribution in [2.45, 2.75) is 64.5 Å². The zero-order valence-corrected chi connectivity index (χ0v) is 10.4. The molecule has 1 spiro atoms. The lowest BCUT2D eigenvalue weighted by molar-refractivity contribution is -0.195. The Kier molecular flexibility index (Phi) is 3.09. The molecule has 1 aliphatic carbocycles. The van der Waals surface area contributed by atoms with E-state index in [-0.39, 0.29) is 5.60 Å². The second-order valence-electron chi connectivity index (χ2n) is 6.08. The monoisotopic (exact) mass is 211 g/mol. The molecule has 15 heavy (non-hydrogen) atoms. The van der Waals surface area contributed by atoms with E-state index in [9.17, 15) is 0 Å². The van der Waals surface area contributed by atoms with E-state index in [1.54, 1.807) is 0 Å². The van der Waals surface area contributed by atoms with E-state index in [1.165, 1.54) is 32.1 Å². The number of hydrogen-bond donors (Lipinski definition) is 1. The molecule has 2 nitrogen and oxygen atoms in total.